The highest BCUT2D eigenvalue weighted by Crippen LogP contribution is 2.32. The molecule has 1 heterocycles. The van der Waals surface area contributed by atoms with E-state index in [1.54, 1.807) is 24.5 Å². The molecule has 124 valence electrons. The van der Waals surface area contributed by atoms with E-state index in [2.05, 4.69) is 4.72 Å². The van der Waals surface area contributed by atoms with Crippen molar-refractivity contribution in [2.45, 2.75) is 49.3 Å². The third-order valence-corrected chi connectivity index (χ3v) is 5.99. The Morgan fingerprint density at radius 1 is 1.04 bits per heavy atom. The summed E-state index contributed by atoms with van der Waals surface area (Å²) < 4.78 is 32.4. The predicted octanol–water partition coefficient (Wildman–Crippen LogP) is 3.85. The van der Waals surface area contributed by atoms with E-state index in [9.17, 15) is 8.42 Å². The van der Waals surface area contributed by atoms with Crippen molar-refractivity contribution in [2.75, 3.05) is 6.54 Å². The number of furan rings is 1. The Kier molecular flexibility index (Phi) is 5.18. The normalized spacial score (nSPS) is 16.5. The molecule has 1 aromatic carbocycles. The SMILES string of the molecule is O=S(=O)(NCCc1ccco1)c1ccc(C2CCCCC2)cc1. The molecular weight excluding hydrogens is 310 g/mol. The van der Waals surface area contributed by atoms with Crippen LogP contribution in [0.5, 0.6) is 0 Å². The number of benzene rings is 1. The minimum Gasteiger partial charge on any atom is -0.469 e. The van der Waals surface area contributed by atoms with E-state index in [-0.39, 0.29) is 0 Å². The molecule has 0 unspecified atom stereocenters. The summed E-state index contributed by atoms with van der Waals surface area (Å²) in [6, 6.07) is 11.0. The maximum atomic E-state index is 12.3. The van der Waals surface area contributed by atoms with E-state index in [0.717, 1.165) is 5.76 Å². The van der Waals surface area contributed by atoms with Gasteiger partial charge in [-0.15, -0.1) is 0 Å². The van der Waals surface area contributed by atoms with Gasteiger partial charge in [0.05, 0.1) is 11.2 Å². The highest BCUT2D eigenvalue weighted by atomic mass is 32.2. The number of sulfonamides is 1. The fourth-order valence-electron chi connectivity index (χ4n) is 3.20. The fraction of sp³-hybridized carbons (Fsp3) is 0.444. The second-order valence-corrected chi connectivity index (χ2v) is 7.90. The van der Waals surface area contributed by atoms with Gasteiger partial charge in [0.25, 0.3) is 0 Å². The van der Waals surface area contributed by atoms with Crippen LogP contribution < -0.4 is 4.72 Å². The smallest absolute Gasteiger partial charge is 0.240 e. The number of rotatable bonds is 6. The van der Waals surface area contributed by atoms with Gasteiger partial charge in [-0.3, -0.25) is 0 Å². The standard InChI is InChI=1S/C18H23NO3S/c20-23(21,19-13-12-17-7-4-14-22-17)18-10-8-16(9-11-18)15-5-2-1-3-6-15/h4,7-11,14-15,19H,1-3,5-6,12-13H2. The molecule has 0 spiro atoms. The van der Waals surface area contributed by atoms with Crippen molar-refractivity contribution in [3.8, 4) is 0 Å². The average molecular weight is 333 g/mol. The predicted molar refractivity (Wildman–Crippen MR) is 89.9 cm³/mol. The van der Waals surface area contributed by atoms with E-state index < -0.39 is 10.0 Å². The molecule has 1 saturated carbocycles. The van der Waals surface area contributed by atoms with E-state index in [4.69, 9.17) is 4.42 Å². The Hall–Kier alpha value is -1.59. The maximum Gasteiger partial charge on any atom is 0.240 e. The minimum absolute atomic E-state index is 0.330. The van der Waals surface area contributed by atoms with Crippen LogP contribution in [0.3, 0.4) is 0 Å². The maximum absolute atomic E-state index is 12.3. The Morgan fingerprint density at radius 2 is 1.78 bits per heavy atom. The van der Waals surface area contributed by atoms with Crippen LogP contribution in [0.1, 0.15) is 49.3 Å². The number of hydrogen-bond donors (Lipinski definition) is 1. The molecule has 0 aliphatic heterocycles. The summed E-state index contributed by atoms with van der Waals surface area (Å²) in [5.41, 5.74) is 1.26. The van der Waals surface area contributed by atoms with Crippen LogP contribution in [0.15, 0.2) is 52.0 Å². The van der Waals surface area contributed by atoms with Gasteiger partial charge in [-0.2, -0.15) is 0 Å². The molecule has 1 aromatic heterocycles. The van der Waals surface area contributed by atoms with E-state index in [1.165, 1.54) is 37.7 Å². The molecule has 1 N–H and O–H groups in total. The molecule has 1 aliphatic carbocycles. The quantitative estimate of drug-likeness (QED) is 0.873. The van der Waals surface area contributed by atoms with Gasteiger partial charge in [0.1, 0.15) is 5.76 Å². The Labute approximate surface area is 138 Å². The summed E-state index contributed by atoms with van der Waals surface area (Å²) in [4.78, 5) is 0.330. The lowest BCUT2D eigenvalue weighted by Crippen LogP contribution is -2.25. The van der Waals surface area contributed by atoms with E-state index >= 15 is 0 Å². The molecule has 0 saturated heterocycles. The van der Waals surface area contributed by atoms with Gasteiger partial charge in [0, 0.05) is 13.0 Å². The zero-order valence-electron chi connectivity index (χ0n) is 13.2. The van der Waals surface area contributed by atoms with Crippen molar-refractivity contribution in [3.63, 3.8) is 0 Å². The van der Waals surface area contributed by atoms with Crippen molar-refractivity contribution in [1.82, 2.24) is 4.72 Å². The Bertz CT molecular complexity index is 699. The second-order valence-electron chi connectivity index (χ2n) is 6.13. The van der Waals surface area contributed by atoms with Crippen LogP contribution in [-0.2, 0) is 16.4 Å². The summed E-state index contributed by atoms with van der Waals surface area (Å²) in [5.74, 6) is 1.37. The highest BCUT2D eigenvalue weighted by molar-refractivity contribution is 7.89. The van der Waals surface area contributed by atoms with Crippen LogP contribution in [0, 0.1) is 0 Å². The molecule has 5 heteroatoms. The first kappa shape index (κ1) is 16.3. The molecule has 4 nitrogen and oxygen atoms in total. The van der Waals surface area contributed by atoms with Crippen molar-refractivity contribution in [3.05, 3.63) is 54.0 Å². The van der Waals surface area contributed by atoms with Crippen molar-refractivity contribution < 1.29 is 12.8 Å². The van der Waals surface area contributed by atoms with Gasteiger partial charge in [0.15, 0.2) is 0 Å². The number of nitrogens with one attached hydrogen (secondary N) is 1. The van der Waals surface area contributed by atoms with Gasteiger partial charge in [-0.05, 0) is 48.6 Å². The average Bonchev–Trinajstić information content (AvgIpc) is 3.09. The van der Waals surface area contributed by atoms with Crippen LogP contribution >= 0.6 is 0 Å². The van der Waals surface area contributed by atoms with Crippen molar-refractivity contribution >= 4 is 10.0 Å². The molecule has 0 radical (unpaired) electrons. The lowest BCUT2D eigenvalue weighted by atomic mass is 9.84. The molecule has 0 bridgehead atoms. The molecule has 1 fully saturated rings. The Balaban J connectivity index is 1.60. The van der Waals surface area contributed by atoms with Gasteiger partial charge < -0.3 is 4.42 Å². The summed E-state index contributed by atoms with van der Waals surface area (Å²) in [7, 11) is -3.45. The Morgan fingerprint density at radius 3 is 2.43 bits per heavy atom. The van der Waals surface area contributed by atoms with Gasteiger partial charge in [0.2, 0.25) is 10.0 Å². The van der Waals surface area contributed by atoms with Crippen LogP contribution in [0.2, 0.25) is 0 Å². The lowest BCUT2D eigenvalue weighted by Gasteiger charge is -2.22. The molecule has 0 amide bonds. The van der Waals surface area contributed by atoms with Crippen molar-refractivity contribution in [1.29, 1.82) is 0 Å². The molecule has 2 aromatic rings. The fourth-order valence-corrected chi connectivity index (χ4v) is 4.23. The molecule has 23 heavy (non-hydrogen) atoms. The topological polar surface area (TPSA) is 59.3 Å². The monoisotopic (exact) mass is 333 g/mol. The highest BCUT2D eigenvalue weighted by Gasteiger charge is 2.18. The van der Waals surface area contributed by atoms with Crippen molar-refractivity contribution in [2.24, 2.45) is 0 Å². The zero-order valence-corrected chi connectivity index (χ0v) is 14.0. The van der Waals surface area contributed by atoms with Crippen LogP contribution in [-0.4, -0.2) is 15.0 Å². The van der Waals surface area contributed by atoms with Crippen LogP contribution in [0.25, 0.3) is 0 Å². The first-order valence-electron chi connectivity index (χ1n) is 8.27. The van der Waals surface area contributed by atoms with Gasteiger partial charge in [-0.1, -0.05) is 31.4 Å². The molecule has 1 aliphatic rings. The number of hydrogen-bond acceptors (Lipinski definition) is 3. The van der Waals surface area contributed by atoms with Crippen LogP contribution in [0.4, 0.5) is 0 Å². The second kappa shape index (κ2) is 7.32. The van der Waals surface area contributed by atoms with Gasteiger partial charge >= 0.3 is 0 Å². The lowest BCUT2D eigenvalue weighted by molar-refractivity contribution is 0.443. The molecule has 3 rings (SSSR count). The van der Waals surface area contributed by atoms with E-state index in [0.29, 0.717) is 23.8 Å². The molecule has 0 atom stereocenters. The zero-order chi connectivity index (χ0) is 16.1. The molecular formula is C18H23NO3S. The summed E-state index contributed by atoms with van der Waals surface area (Å²) in [5, 5.41) is 0. The first-order chi connectivity index (χ1) is 11.1. The third kappa shape index (κ3) is 4.24. The minimum atomic E-state index is -3.45. The first-order valence-corrected chi connectivity index (χ1v) is 9.75. The largest absolute Gasteiger partial charge is 0.469 e. The summed E-state index contributed by atoms with van der Waals surface area (Å²) in [6.45, 7) is 0.334. The summed E-state index contributed by atoms with van der Waals surface area (Å²) in [6.07, 6.45) is 8.45. The third-order valence-electron chi connectivity index (χ3n) is 4.51. The van der Waals surface area contributed by atoms with E-state index in [1.807, 2.05) is 18.2 Å². The summed E-state index contributed by atoms with van der Waals surface area (Å²) >= 11 is 0. The van der Waals surface area contributed by atoms with Gasteiger partial charge in [-0.25, -0.2) is 13.1 Å².